The number of thiazole rings is 1. The zero-order valence-electron chi connectivity index (χ0n) is 15.3. The van der Waals surface area contributed by atoms with Gasteiger partial charge in [-0.25, -0.2) is 4.98 Å². The van der Waals surface area contributed by atoms with E-state index in [0.717, 1.165) is 23.9 Å². The number of rotatable bonds is 4. The van der Waals surface area contributed by atoms with Gasteiger partial charge in [-0.05, 0) is 35.8 Å². The molecule has 1 amide bonds. The molecule has 0 unspecified atom stereocenters. The van der Waals surface area contributed by atoms with Crippen molar-refractivity contribution in [3.05, 3.63) is 40.9 Å². The summed E-state index contributed by atoms with van der Waals surface area (Å²) in [5.74, 6) is 0.147. The summed E-state index contributed by atoms with van der Waals surface area (Å²) in [7, 11) is 0. The molecule has 0 spiro atoms. The summed E-state index contributed by atoms with van der Waals surface area (Å²) in [5, 5.41) is 5.91. The van der Waals surface area contributed by atoms with Crippen molar-refractivity contribution in [1.29, 1.82) is 0 Å². The first kappa shape index (κ1) is 19.5. The van der Waals surface area contributed by atoms with E-state index in [0.29, 0.717) is 29.9 Å². The first-order valence-corrected chi connectivity index (χ1v) is 10.1. The van der Waals surface area contributed by atoms with Gasteiger partial charge in [-0.3, -0.25) is 15.6 Å². The van der Waals surface area contributed by atoms with Crippen LogP contribution in [0.1, 0.15) is 35.8 Å². The second-order valence-corrected chi connectivity index (χ2v) is 7.67. The van der Waals surface area contributed by atoms with Crippen molar-refractivity contribution in [2.45, 2.75) is 19.8 Å². The van der Waals surface area contributed by atoms with Crippen LogP contribution in [0, 0.1) is 0 Å². The van der Waals surface area contributed by atoms with Crippen molar-refractivity contribution in [2.24, 2.45) is 0 Å². The molecule has 0 bridgehead atoms. The van der Waals surface area contributed by atoms with Crippen LogP contribution >= 0.6 is 23.6 Å². The fourth-order valence-corrected chi connectivity index (χ4v) is 3.59. The molecular formula is C18H23N5O2S2. The van der Waals surface area contributed by atoms with Crippen LogP contribution in [0.2, 0.25) is 0 Å². The third-order valence-electron chi connectivity index (χ3n) is 4.13. The zero-order chi connectivity index (χ0) is 19.2. The number of morpholine rings is 1. The van der Waals surface area contributed by atoms with Crippen LogP contribution in [0.5, 0.6) is 0 Å². The number of thiocarbonyl (C=S) groups is 1. The minimum absolute atomic E-state index is 0.310. The van der Waals surface area contributed by atoms with Crippen LogP contribution in [0.4, 0.5) is 10.8 Å². The second kappa shape index (κ2) is 9.12. The zero-order valence-corrected chi connectivity index (χ0v) is 17.0. The van der Waals surface area contributed by atoms with Gasteiger partial charge in [-0.15, -0.1) is 11.3 Å². The summed E-state index contributed by atoms with van der Waals surface area (Å²) < 4.78 is 5.33. The topological polar surface area (TPSA) is 78.5 Å². The van der Waals surface area contributed by atoms with E-state index >= 15 is 0 Å². The van der Waals surface area contributed by atoms with Gasteiger partial charge in [0, 0.05) is 24.2 Å². The molecule has 1 aliphatic heterocycles. The monoisotopic (exact) mass is 405 g/mol. The molecule has 2 aromatic rings. The molecule has 1 aromatic heterocycles. The van der Waals surface area contributed by atoms with Crippen LogP contribution in [-0.2, 0) is 4.74 Å². The number of hydrazine groups is 1. The summed E-state index contributed by atoms with van der Waals surface area (Å²) in [6.07, 6.45) is 0. The molecular weight excluding hydrogens is 382 g/mol. The summed E-state index contributed by atoms with van der Waals surface area (Å²) in [4.78, 5) is 18.8. The van der Waals surface area contributed by atoms with E-state index in [4.69, 9.17) is 17.0 Å². The lowest BCUT2D eigenvalue weighted by Gasteiger charge is -2.25. The number of hydrogen-bond donors (Lipinski definition) is 3. The highest BCUT2D eigenvalue weighted by Crippen LogP contribution is 2.21. The Labute approximate surface area is 168 Å². The number of amides is 1. The van der Waals surface area contributed by atoms with E-state index in [9.17, 15) is 4.79 Å². The third kappa shape index (κ3) is 5.38. The van der Waals surface area contributed by atoms with E-state index in [1.165, 1.54) is 16.9 Å². The molecule has 0 aliphatic carbocycles. The van der Waals surface area contributed by atoms with Gasteiger partial charge in [0.1, 0.15) is 5.69 Å². The quantitative estimate of drug-likeness (QED) is 0.533. The standard InChI is InChI=1S/C18H23N5O2S2/c1-12(2)13-3-5-14(6-4-13)19-17(26)22-21-16(24)15-11-27-18(20-15)23-7-9-25-10-8-23/h3-6,11-12H,7-10H2,1-2H3,(H,21,24)(H2,19,22,26). The van der Waals surface area contributed by atoms with Crippen LogP contribution < -0.4 is 21.1 Å². The Morgan fingerprint density at radius 3 is 2.59 bits per heavy atom. The molecule has 3 N–H and O–H groups in total. The number of anilines is 2. The van der Waals surface area contributed by atoms with Gasteiger partial charge in [0.25, 0.3) is 5.91 Å². The SMILES string of the molecule is CC(C)c1ccc(NC(=S)NNC(=O)c2csc(N3CCOCC3)n2)cc1. The van der Waals surface area contributed by atoms with Gasteiger partial charge in [0.05, 0.1) is 13.2 Å². The average Bonchev–Trinajstić information content (AvgIpc) is 3.17. The normalized spacial score (nSPS) is 14.1. The number of carbonyl (C=O) groups excluding carboxylic acids is 1. The Kier molecular flexibility index (Phi) is 6.59. The first-order chi connectivity index (χ1) is 13.0. The van der Waals surface area contributed by atoms with Crippen molar-refractivity contribution >= 4 is 45.4 Å². The van der Waals surface area contributed by atoms with Crippen molar-refractivity contribution in [3.63, 3.8) is 0 Å². The van der Waals surface area contributed by atoms with Gasteiger partial charge < -0.3 is 15.0 Å². The van der Waals surface area contributed by atoms with E-state index in [1.807, 2.05) is 12.1 Å². The molecule has 9 heteroatoms. The maximum absolute atomic E-state index is 12.3. The van der Waals surface area contributed by atoms with Gasteiger partial charge in [0.2, 0.25) is 0 Å². The molecule has 1 aromatic carbocycles. The number of carbonyl (C=O) groups is 1. The largest absolute Gasteiger partial charge is 0.378 e. The fraction of sp³-hybridized carbons (Fsp3) is 0.389. The molecule has 3 rings (SSSR count). The molecule has 27 heavy (non-hydrogen) atoms. The van der Waals surface area contributed by atoms with Crippen LogP contribution in [-0.4, -0.2) is 42.3 Å². The highest BCUT2D eigenvalue weighted by Gasteiger charge is 2.17. The average molecular weight is 406 g/mol. The van der Waals surface area contributed by atoms with Crippen molar-refractivity contribution in [1.82, 2.24) is 15.8 Å². The summed E-state index contributed by atoms with van der Waals surface area (Å²) in [6.45, 7) is 7.23. The number of nitrogens with one attached hydrogen (secondary N) is 3. The Bertz CT molecular complexity index is 785. The van der Waals surface area contributed by atoms with Crippen molar-refractivity contribution in [3.8, 4) is 0 Å². The number of ether oxygens (including phenoxy) is 1. The van der Waals surface area contributed by atoms with Crippen LogP contribution in [0.25, 0.3) is 0 Å². The van der Waals surface area contributed by atoms with E-state index < -0.39 is 0 Å². The van der Waals surface area contributed by atoms with E-state index in [1.54, 1.807) is 5.38 Å². The van der Waals surface area contributed by atoms with Crippen LogP contribution in [0.3, 0.4) is 0 Å². The summed E-state index contributed by atoms with van der Waals surface area (Å²) >= 11 is 6.67. The highest BCUT2D eigenvalue weighted by atomic mass is 32.1. The van der Waals surface area contributed by atoms with Gasteiger partial charge in [-0.1, -0.05) is 26.0 Å². The lowest BCUT2D eigenvalue weighted by molar-refractivity contribution is 0.0940. The molecule has 1 saturated heterocycles. The number of hydrogen-bond acceptors (Lipinski definition) is 6. The maximum atomic E-state index is 12.3. The van der Waals surface area contributed by atoms with Crippen molar-refractivity contribution in [2.75, 3.05) is 36.5 Å². The lowest BCUT2D eigenvalue weighted by Crippen LogP contribution is -2.44. The Hall–Kier alpha value is -2.23. The maximum Gasteiger partial charge on any atom is 0.289 e. The minimum atomic E-state index is -0.329. The Morgan fingerprint density at radius 1 is 1.22 bits per heavy atom. The van der Waals surface area contributed by atoms with Gasteiger partial charge in [0.15, 0.2) is 10.2 Å². The molecule has 1 fully saturated rings. The van der Waals surface area contributed by atoms with Gasteiger partial charge in [-0.2, -0.15) is 0 Å². The van der Waals surface area contributed by atoms with E-state index in [-0.39, 0.29) is 5.91 Å². The van der Waals surface area contributed by atoms with Gasteiger partial charge >= 0.3 is 0 Å². The molecule has 2 heterocycles. The number of nitrogens with zero attached hydrogens (tertiary/aromatic N) is 2. The Morgan fingerprint density at radius 2 is 1.93 bits per heavy atom. The second-order valence-electron chi connectivity index (χ2n) is 6.42. The third-order valence-corrected chi connectivity index (χ3v) is 5.24. The molecule has 144 valence electrons. The molecule has 0 radical (unpaired) electrons. The lowest BCUT2D eigenvalue weighted by atomic mass is 10.0. The smallest absolute Gasteiger partial charge is 0.289 e. The summed E-state index contributed by atoms with van der Waals surface area (Å²) in [5.41, 5.74) is 7.75. The minimum Gasteiger partial charge on any atom is -0.378 e. The summed E-state index contributed by atoms with van der Waals surface area (Å²) in [6, 6.07) is 8.02. The predicted octanol–water partition coefficient (Wildman–Crippen LogP) is 2.73. The number of benzene rings is 1. The molecule has 0 atom stereocenters. The first-order valence-electron chi connectivity index (χ1n) is 8.78. The van der Waals surface area contributed by atoms with E-state index in [2.05, 4.69) is 52.0 Å². The molecule has 0 saturated carbocycles. The Balaban J connectivity index is 1.48. The van der Waals surface area contributed by atoms with Crippen LogP contribution in [0.15, 0.2) is 29.6 Å². The number of aromatic nitrogens is 1. The van der Waals surface area contributed by atoms with Crippen molar-refractivity contribution < 1.29 is 9.53 Å². The molecule has 7 nitrogen and oxygen atoms in total. The molecule has 1 aliphatic rings. The highest BCUT2D eigenvalue weighted by molar-refractivity contribution is 7.80. The predicted molar refractivity (Wildman–Crippen MR) is 112 cm³/mol. The fourth-order valence-electron chi connectivity index (χ4n) is 2.56.